The van der Waals surface area contributed by atoms with E-state index in [0.717, 1.165) is 17.1 Å². The van der Waals surface area contributed by atoms with Crippen molar-refractivity contribution in [2.45, 2.75) is 33.6 Å². The fourth-order valence-corrected chi connectivity index (χ4v) is 1.75. The van der Waals surface area contributed by atoms with E-state index in [1.165, 1.54) is 0 Å². The van der Waals surface area contributed by atoms with Gasteiger partial charge in [0, 0.05) is 17.7 Å². The summed E-state index contributed by atoms with van der Waals surface area (Å²) in [5.41, 5.74) is 8.54. The van der Waals surface area contributed by atoms with Gasteiger partial charge >= 0.3 is 0 Å². The van der Waals surface area contributed by atoms with Gasteiger partial charge in [-0.1, -0.05) is 19.9 Å². The van der Waals surface area contributed by atoms with Crippen LogP contribution in [0.1, 0.15) is 36.8 Å². The third-order valence-corrected chi connectivity index (χ3v) is 2.74. The number of nitrogen functional groups attached to an aromatic ring is 1. The first kappa shape index (κ1) is 13.3. The number of nitrogens with zero attached hydrogens (tertiary/aromatic N) is 2. The molecule has 0 saturated heterocycles. The van der Waals surface area contributed by atoms with Crippen LogP contribution in [-0.4, -0.2) is 9.97 Å². The number of hydrogen-bond acceptors (Lipinski definition) is 4. The van der Waals surface area contributed by atoms with Crippen molar-refractivity contribution in [2.24, 2.45) is 0 Å². The van der Waals surface area contributed by atoms with Crippen molar-refractivity contribution < 1.29 is 4.74 Å². The summed E-state index contributed by atoms with van der Waals surface area (Å²) in [5, 5.41) is 0. The van der Waals surface area contributed by atoms with Crippen molar-refractivity contribution in [3.05, 3.63) is 41.3 Å². The molecule has 4 heteroatoms. The van der Waals surface area contributed by atoms with Crippen LogP contribution in [-0.2, 0) is 0 Å². The van der Waals surface area contributed by atoms with E-state index in [9.17, 15) is 0 Å². The summed E-state index contributed by atoms with van der Waals surface area (Å²) in [7, 11) is 0. The Morgan fingerprint density at radius 3 is 2.47 bits per heavy atom. The molecule has 0 spiro atoms. The molecule has 0 radical (unpaired) electrons. The highest BCUT2D eigenvalue weighted by atomic mass is 16.5. The van der Waals surface area contributed by atoms with Crippen LogP contribution in [0.3, 0.4) is 0 Å². The number of hydrogen-bond donors (Lipinski definition) is 1. The van der Waals surface area contributed by atoms with Crippen LogP contribution >= 0.6 is 0 Å². The maximum atomic E-state index is 5.94. The normalized spacial score (nSPS) is 10.8. The van der Waals surface area contributed by atoms with E-state index >= 15 is 0 Å². The molecule has 1 aromatic heterocycles. The van der Waals surface area contributed by atoms with Crippen LogP contribution in [0.25, 0.3) is 0 Å². The van der Waals surface area contributed by atoms with Crippen molar-refractivity contribution in [3.8, 4) is 11.6 Å². The molecule has 100 valence electrons. The Morgan fingerprint density at radius 1 is 1.11 bits per heavy atom. The lowest BCUT2D eigenvalue weighted by Crippen LogP contribution is -2.02. The highest BCUT2D eigenvalue weighted by Crippen LogP contribution is 2.27. The molecule has 0 saturated carbocycles. The molecule has 2 N–H and O–H groups in total. The lowest BCUT2D eigenvalue weighted by atomic mass is 10.2. The second-order valence-electron chi connectivity index (χ2n) is 5.00. The summed E-state index contributed by atoms with van der Waals surface area (Å²) in [6.07, 6.45) is 0. The third kappa shape index (κ3) is 3.22. The first-order chi connectivity index (χ1) is 8.95. The lowest BCUT2D eigenvalue weighted by Gasteiger charge is -2.11. The standard InChI is InChI=1S/C15H19N3O/c1-9(2)15-17-11(4)8-14(18-15)19-13-6-5-10(3)7-12(13)16/h5-9H,16H2,1-4H3. The van der Waals surface area contributed by atoms with Gasteiger partial charge in [-0.05, 0) is 31.5 Å². The molecule has 1 aromatic carbocycles. The van der Waals surface area contributed by atoms with Gasteiger partial charge in [0.15, 0.2) is 5.75 Å². The molecule has 0 atom stereocenters. The van der Waals surface area contributed by atoms with Crippen molar-refractivity contribution in [1.82, 2.24) is 9.97 Å². The quantitative estimate of drug-likeness (QED) is 0.853. The van der Waals surface area contributed by atoms with Gasteiger partial charge in [-0.15, -0.1) is 0 Å². The van der Waals surface area contributed by atoms with Crippen LogP contribution in [0.5, 0.6) is 11.6 Å². The molecule has 19 heavy (non-hydrogen) atoms. The van der Waals surface area contributed by atoms with E-state index in [1.54, 1.807) is 0 Å². The predicted octanol–water partition coefficient (Wildman–Crippen LogP) is 3.59. The molecule has 0 aliphatic heterocycles. The van der Waals surface area contributed by atoms with Crippen molar-refractivity contribution >= 4 is 5.69 Å². The minimum absolute atomic E-state index is 0.262. The van der Waals surface area contributed by atoms with E-state index in [1.807, 2.05) is 38.1 Å². The average Bonchev–Trinajstić information content (AvgIpc) is 2.32. The Hall–Kier alpha value is -2.10. The number of anilines is 1. The SMILES string of the molecule is Cc1ccc(Oc2cc(C)nc(C(C)C)n2)c(N)c1. The van der Waals surface area contributed by atoms with Crippen LogP contribution in [0.15, 0.2) is 24.3 Å². The van der Waals surface area contributed by atoms with Gasteiger partial charge in [-0.25, -0.2) is 4.98 Å². The molecule has 0 bridgehead atoms. The summed E-state index contributed by atoms with van der Waals surface area (Å²) in [4.78, 5) is 8.79. The monoisotopic (exact) mass is 257 g/mol. The Labute approximate surface area is 113 Å². The van der Waals surface area contributed by atoms with Gasteiger partial charge in [0.1, 0.15) is 5.82 Å². The fourth-order valence-electron chi connectivity index (χ4n) is 1.75. The number of nitrogens with two attached hydrogens (primary N) is 1. The van der Waals surface area contributed by atoms with Gasteiger partial charge in [0.05, 0.1) is 5.69 Å². The number of aryl methyl sites for hydroxylation is 2. The van der Waals surface area contributed by atoms with Crippen molar-refractivity contribution in [3.63, 3.8) is 0 Å². The molecular weight excluding hydrogens is 238 g/mol. The van der Waals surface area contributed by atoms with E-state index in [2.05, 4.69) is 23.8 Å². The molecule has 2 aromatic rings. The Balaban J connectivity index is 2.32. The second-order valence-corrected chi connectivity index (χ2v) is 5.00. The smallest absolute Gasteiger partial charge is 0.222 e. The van der Waals surface area contributed by atoms with Gasteiger partial charge in [-0.2, -0.15) is 4.98 Å². The van der Waals surface area contributed by atoms with Crippen molar-refractivity contribution in [2.75, 3.05) is 5.73 Å². The van der Waals surface area contributed by atoms with E-state index < -0.39 is 0 Å². The topological polar surface area (TPSA) is 61.0 Å². The van der Waals surface area contributed by atoms with Gasteiger partial charge < -0.3 is 10.5 Å². The molecule has 0 aliphatic rings. The summed E-state index contributed by atoms with van der Waals surface area (Å²) >= 11 is 0. The number of ether oxygens (including phenoxy) is 1. The fraction of sp³-hybridized carbons (Fsp3) is 0.333. The summed E-state index contributed by atoms with van der Waals surface area (Å²) in [6, 6.07) is 7.51. The molecule has 4 nitrogen and oxygen atoms in total. The minimum atomic E-state index is 0.262. The Kier molecular flexibility index (Phi) is 3.69. The molecule has 0 aliphatic carbocycles. The molecular formula is C15H19N3O. The molecule has 0 unspecified atom stereocenters. The van der Waals surface area contributed by atoms with E-state index in [0.29, 0.717) is 17.3 Å². The Bertz CT molecular complexity index is 594. The van der Waals surface area contributed by atoms with Gasteiger partial charge in [0.2, 0.25) is 5.88 Å². The second kappa shape index (κ2) is 5.26. The van der Waals surface area contributed by atoms with Gasteiger partial charge in [0.25, 0.3) is 0 Å². The minimum Gasteiger partial charge on any atom is -0.437 e. The van der Waals surface area contributed by atoms with Crippen LogP contribution in [0, 0.1) is 13.8 Å². The highest BCUT2D eigenvalue weighted by Gasteiger charge is 2.09. The Morgan fingerprint density at radius 2 is 1.84 bits per heavy atom. The maximum absolute atomic E-state index is 5.94. The zero-order chi connectivity index (χ0) is 14.0. The summed E-state index contributed by atoms with van der Waals surface area (Å²) in [5.74, 6) is 2.20. The first-order valence-corrected chi connectivity index (χ1v) is 6.35. The highest BCUT2D eigenvalue weighted by molar-refractivity contribution is 5.55. The summed E-state index contributed by atoms with van der Waals surface area (Å²) < 4.78 is 5.76. The summed E-state index contributed by atoms with van der Waals surface area (Å²) in [6.45, 7) is 8.03. The largest absolute Gasteiger partial charge is 0.437 e. The van der Waals surface area contributed by atoms with E-state index in [-0.39, 0.29) is 5.92 Å². The number of aromatic nitrogens is 2. The first-order valence-electron chi connectivity index (χ1n) is 6.35. The van der Waals surface area contributed by atoms with Crippen molar-refractivity contribution in [1.29, 1.82) is 0 Å². The zero-order valence-electron chi connectivity index (χ0n) is 11.8. The number of rotatable bonds is 3. The third-order valence-electron chi connectivity index (χ3n) is 2.74. The van der Waals surface area contributed by atoms with Crippen LogP contribution in [0.2, 0.25) is 0 Å². The predicted molar refractivity (Wildman–Crippen MR) is 76.5 cm³/mol. The molecule has 0 amide bonds. The molecule has 0 fully saturated rings. The lowest BCUT2D eigenvalue weighted by molar-refractivity contribution is 0.458. The van der Waals surface area contributed by atoms with E-state index in [4.69, 9.17) is 10.5 Å². The van der Waals surface area contributed by atoms with Crippen LogP contribution in [0.4, 0.5) is 5.69 Å². The van der Waals surface area contributed by atoms with Crippen LogP contribution < -0.4 is 10.5 Å². The average molecular weight is 257 g/mol. The zero-order valence-corrected chi connectivity index (χ0v) is 11.8. The van der Waals surface area contributed by atoms with Gasteiger partial charge in [-0.3, -0.25) is 0 Å². The number of benzene rings is 1. The molecule has 1 heterocycles. The maximum Gasteiger partial charge on any atom is 0.222 e. The molecule has 2 rings (SSSR count).